The van der Waals surface area contributed by atoms with Gasteiger partial charge in [-0.1, -0.05) is 19.3 Å². The van der Waals surface area contributed by atoms with Crippen molar-refractivity contribution in [2.75, 3.05) is 5.73 Å². The van der Waals surface area contributed by atoms with Gasteiger partial charge in [0.2, 0.25) is 0 Å². The number of anilines is 1. The Morgan fingerprint density at radius 3 is 2.79 bits per heavy atom. The summed E-state index contributed by atoms with van der Waals surface area (Å²) in [6.45, 7) is 0. The summed E-state index contributed by atoms with van der Waals surface area (Å²) >= 11 is 0. The first kappa shape index (κ1) is 12.0. The maximum Gasteiger partial charge on any atom is 0.311 e. The summed E-state index contributed by atoms with van der Waals surface area (Å²) < 4.78 is 2.12. The van der Waals surface area contributed by atoms with Gasteiger partial charge in [-0.25, -0.2) is 4.98 Å². The van der Waals surface area contributed by atoms with Gasteiger partial charge in [0.15, 0.2) is 0 Å². The summed E-state index contributed by atoms with van der Waals surface area (Å²) in [7, 11) is 0. The Hall–Kier alpha value is -2.11. The Labute approximate surface area is 110 Å². The van der Waals surface area contributed by atoms with Crippen LogP contribution in [0.25, 0.3) is 11.0 Å². The lowest BCUT2D eigenvalue weighted by molar-refractivity contribution is -0.384. The lowest BCUT2D eigenvalue weighted by Crippen LogP contribution is -2.12. The second-order valence-corrected chi connectivity index (χ2v) is 5.07. The zero-order chi connectivity index (χ0) is 13.4. The third kappa shape index (κ3) is 1.93. The highest BCUT2D eigenvalue weighted by Gasteiger charge is 2.21. The fourth-order valence-corrected chi connectivity index (χ4v) is 2.91. The summed E-state index contributed by atoms with van der Waals surface area (Å²) in [5, 5.41) is 11.5. The average Bonchev–Trinajstić information content (AvgIpc) is 2.84. The van der Waals surface area contributed by atoms with E-state index in [-0.39, 0.29) is 11.4 Å². The number of nitro groups is 1. The first-order valence-electron chi connectivity index (χ1n) is 6.58. The zero-order valence-electron chi connectivity index (χ0n) is 10.6. The van der Waals surface area contributed by atoms with Gasteiger partial charge < -0.3 is 10.3 Å². The fourth-order valence-electron chi connectivity index (χ4n) is 2.91. The van der Waals surface area contributed by atoms with Crippen molar-refractivity contribution in [1.82, 2.24) is 9.55 Å². The molecule has 2 N–H and O–H groups in total. The van der Waals surface area contributed by atoms with Crippen LogP contribution in [0.2, 0.25) is 0 Å². The van der Waals surface area contributed by atoms with E-state index in [0.717, 1.165) is 18.5 Å². The van der Waals surface area contributed by atoms with Gasteiger partial charge in [-0.2, -0.15) is 0 Å². The van der Waals surface area contributed by atoms with Gasteiger partial charge in [-0.15, -0.1) is 0 Å². The molecule has 19 heavy (non-hydrogen) atoms. The van der Waals surface area contributed by atoms with Crippen LogP contribution in [-0.2, 0) is 0 Å². The molecule has 1 fully saturated rings. The van der Waals surface area contributed by atoms with Crippen molar-refractivity contribution in [2.24, 2.45) is 0 Å². The standard InChI is InChI=1S/C13H16N4O2/c14-12-10-6-7-16(9-4-2-1-3-5-9)13(10)15-8-11(12)17(18)19/h6-9H,1-5H2,(H2,14,15). The third-order valence-electron chi connectivity index (χ3n) is 3.93. The molecule has 0 radical (unpaired) electrons. The molecule has 0 atom stereocenters. The number of hydrogen-bond donors (Lipinski definition) is 1. The molecular formula is C13H16N4O2. The van der Waals surface area contributed by atoms with Crippen LogP contribution in [0.4, 0.5) is 11.4 Å². The van der Waals surface area contributed by atoms with Gasteiger partial charge in [0.05, 0.1) is 4.92 Å². The van der Waals surface area contributed by atoms with Crippen molar-refractivity contribution in [3.05, 3.63) is 28.6 Å². The van der Waals surface area contributed by atoms with Crippen LogP contribution in [0.15, 0.2) is 18.5 Å². The topological polar surface area (TPSA) is 87.0 Å². The van der Waals surface area contributed by atoms with Crippen LogP contribution in [0.3, 0.4) is 0 Å². The highest BCUT2D eigenvalue weighted by molar-refractivity contribution is 5.93. The predicted molar refractivity (Wildman–Crippen MR) is 72.9 cm³/mol. The number of hydrogen-bond acceptors (Lipinski definition) is 4. The lowest BCUT2D eigenvalue weighted by atomic mass is 9.95. The minimum absolute atomic E-state index is 0.117. The molecule has 2 heterocycles. The third-order valence-corrected chi connectivity index (χ3v) is 3.93. The molecule has 0 bridgehead atoms. The fraction of sp³-hybridized carbons (Fsp3) is 0.462. The molecule has 0 unspecified atom stereocenters. The summed E-state index contributed by atoms with van der Waals surface area (Å²) in [5.74, 6) is 0. The van der Waals surface area contributed by atoms with Gasteiger partial charge in [0, 0.05) is 17.6 Å². The monoisotopic (exact) mass is 260 g/mol. The number of nitrogens with two attached hydrogens (primary N) is 1. The van der Waals surface area contributed by atoms with Crippen LogP contribution >= 0.6 is 0 Å². The van der Waals surface area contributed by atoms with E-state index in [2.05, 4.69) is 9.55 Å². The summed E-state index contributed by atoms with van der Waals surface area (Å²) in [5.41, 5.74) is 6.72. The Bertz CT molecular complexity index is 629. The summed E-state index contributed by atoms with van der Waals surface area (Å²) in [6, 6.07) is 2.28. The van der Waals surface area contributed by atoms with Crippen LogP contribution in [0.5, 0.6) is 0 Å². The molecule has 6 nitrogen and oxygen atoms in total. The van der Waals surface area contributed by atoms with Crippen LogP contribution in [0, 0.1) is 10.1 Å². The Morgan fingerprint density at radius 2 is 2.11 bits per heavy atom. The molecule has 1 aliphatic rings. The molecule has 100 valence electrons. The predicted octanol–water partition coefficient (Wildman–Crippen LogP) is 3.03. The number of pyridine rings is 1. The van der Waals surface area contributed by atoms with Crippen molar-refractivity contribution in [1.29, 1.82) is 0 Å². The second-order valence-electron chi connectivity index (χ2n) is 5.07. The Balaban J connectivity index is 2.08. The van der Waals surface area contributed by atoms with E-state index in [0.29, 0.717) is 11.4 Å². The molecular weight excluding hydrogens is 244 g/mol. The number of rotatable bonds is 2. The van der Waals surface area contributed by atoms with Crippen LogP contribution < -0.4 is 5.73 Å². The van der Waals surface area contributed by atoms with Crippen molar-refractivity contribution in [3.63, 3.8) is 0 Å². The molecule has 0 spiro atoms. The van der Waals surface area contributed by atoms with Crippen LogP contribution in [0.1, 0.15) is 38.1 Å². The van der Waals surface area contributed by atoms with Gasteiger partial charge in [0.1, 0.15) is 17.5 Å². The van der Waals surface area contributed by atoms with Crippen LogP contribution in [-0.4, -0.2) is 14.5 Å². The molecule has 1 saturated carbocycles. The van der Waals surface area contributed by atoms with Gasteiger partial charge >= 0.3 is 5.69 Å². The van der Waals surface area contributed by atoms with E-state index < -0.39 is 4.92 Å². The molecule has 0 aromatic carbocycles. The van der Waals surface area contributed by atoms with Crippen molar-refractivity contribution >= 4 is 22.4 Å². The Morgan fingerprint density at radius 1 is 1.37 bits per heavy atom. The van der Waals surface area contributed by atoms with Gasteiger partial charge in [-0.3, -0.25) is 10.1 Å². The van der Waals surface area contributed by atoms with Gasteiger partial charge in [0.25, 0.3) is 0 Å². The maximum atomic E-state index is 10.9. The van der Waals surface area contributed by atoms with E-state index in [1.165, 1.54) is 25.5 Å². The van der Waals surface area contributed by atoms with E-state index >= 15 is 0 Å². The highest BCUT2D eigenvalue weighted by atomic mass is 16.6. The smallest absolute Gasteiger partial charge is 0.311 e. The number of fused-ring (bicyclic) bond motifs is 1. The number of nitrogens with zero attached hydrogens (tertiary/aromatic N) is 3. The van der Waals surface area contributed by atoms with Crippen molar-refractivity contribution < 1.29 is 4.92 Å². The van der Waals surface area contributed by atoms with E-state index in [4.69, 9.17) is 5.73 Å². The average molecular weight is 260 g/mol. The van der Waals surface area contributed by atoms with Crippen molar-refractivity contribution in [3.8, 4) is 0 Å². The van der Waals surface area contributed by atoms with E-state index in [1.807, 2.05) is 12.3 Å². The minimum Gasteiger partial charge on any atom is -0.393 e. The minimum atomic E-state index is -0.486. The molecule has 2 aromatic rings. The first-order chi connectivity index (χ1) is 9.18. The number of aromatic nitrogens is 2. The molecule has 2 aromatic heterocycles. The molecule has 6 heteroatoms. The second kappa shape index (κ2) is 4.53. The zero-order valence-corrected chi connectivity index (χ0v) is 10.6. The SMILES string of the molecule is Nc1c([N+](=O)[O-])cnc2c1ccn2C1CCCCC1. The van der Waals surface area contributed by atoms with Crippen molar-refractivity contribution in [2.45, 2.75) is 38.1 Å². The summed E-state index contributed by atoms with van der Waals surface area (Å²) in [4.78, 5) is 14.6. The molecule has 0 aliphatic heterocycles. The maximum absolute atomic E-state index is 10.9. The molecule has 3 rings (SSSR count). The molecule has 1 aliphatic carbocycles. The molecule has 0 amide bonds. The quantitative estimate of drug-likeness (QED) is 0.664. The highest BCUT2D eigenvalue weighted by Crippen LogP contribution is 2.34. The number of nitrogen functional groups attached to an aromatic ring is 1. The summed E-state index contributed by atoms with van der Waals surface area (Å²) in [6.07, 6.45) is 9.24. The van der Waals surface area contributed by atoms with Gasteiger partial charge in [-0.05, 0) is 18.9 Å². The van der Waals surface area contributed by atoms with E-state index in [1.54, 1.807) is 0 Å². The first-order valence-corrected chi connectivity index (χ1v) is 6.58. The Kier molecular flexibility index (Phi) is 2.85. The lowest BCUT2D eigenvalue weighted by Gasteiger charge is -2.23. The molecule has 0 saturated heterocycles. The van der Waals surface area contributed by atoms with E-state index in [9.17, 15) is 10.1 Å². The largest absolute Gasteiger partial charge is 0.393 e. The normalized spacial score (nSPS) is 16.8.